The maximum absolute atomic E-state index is 11.8. The summed E-state index contributed by atoms with van der Waals surface area (Å²) in [6.07, 6.45) is 6.54. The molecule has 1 saturated heterocycles. The Labute approximate surface area is 77.1 Å². The lowest BCUT2D eigenvalue weighted by Gasteiger charge is -2.34. The zero-order valence-electron chi connectivity index (χ0n) is 7.94. The predicted octanol–water partition coefficient (Wildman–Crippen LogP) is 1.39. The number of rotatable bonds is 4. The van der Waals surface area contributed by atoms with Gasteiger partial charge in [-0.3, -0.25) is 4.39 Å². The van der Waals surface area contributed by atoms with Crippen molar-refractivity contribution in [2.45, 2.75) is 43.7 Å². The summed E-state index contributed by atoms with van der Waals surface area (Å²) in [6.45, 7) is 0.761. The number of ether oxygens (including phenoxy) is 1. The maximum Gasteiger partial charge on any atom is 0.0894 e. The Morgan fingerprint density at radius 1 is 1.33 bits per heavy atom. The van der Waals surface area contributed by atoms with Crippen LogP contribution < -0.4 is 0 Å². The van der Waals surface area contributed by atoms with Crippen molar-refractivity contribution in [3.8, 4) is 0 Å². The minimum absolute atomic E-state index is 0.169. The van der Waals surface area contributed by atoms with Crippen LogP contribution in [0.1, 0.15) is 38.5 Å². The molecule has 1 aliphatic heterocycles. The van der Waals surface area contributed by atoms with Gasteiger partial charge in [0.25, 0.3) is 0 Å². The summed E-state index contributed by atoms with van der Waals surface area (Å²) >= 11 is 0. The Bertz CT molecular complexity index is 124. The summed E-state index contributed by atoms with van der Waals surface area (Å²) in [5.74, 6) is 0. The van der Waals surface area contributed by atoms with Gasteiger partial charge < -0.3 is 4.74 Å². The molecule has 1 nitrogen and oxygen atoms in total. The zero-order valence-corrected chi connectivity index (χ0v) is 9.94. The van der Waals surface area contributed by atoms with E-state index in [9.17, 15) is 4.39 Å². The van der Waals surface area contributed by atoms with Crippen LogP contribution in [0.25, 0.3) is 0 Å². The molecule has 12 heavy (non-hydrogen) atoms. The zero-order chi connectivity index (χ0) is 8.86. The van der Waals surface area contributed by atoms with E-state index in [0.29, 0.717) is 6.42 Å². The van der Waals surface area contributed by atoms with Gasteiger partial charge in [-0.2, -0.15) is 0 Å². The van der Waals surface area contributed by atoms with E-state index in [0.717, 1.165) is 29.7 Å². The second-order valence-corrected chi connectivity index (χ2v) is 5.72. The molecule has 1 rings (SSSR count). The first-order chi connectivity index (χ1) is 5.77. The highest BCUT2D eigenvalue weighted by Crippen LogP contribution is 2.26. The van der Waals surface area contributed by atoms with E-state index in [4.69, 9.17) is 4.74 Å². The third-order valence-electron chi connectivity index (χ3n) is 2.64. The summed E-state index contributed by atoms with van der Waals surface area (Å²) in [5.41, 5.74) is 0. The van der Waals surface area contributed by atoms with Gasteiger partial charge >= 0.3 is 0 Å². The molecule has 0 radical (unpaired) electrons. The molecule has 0 aliphatic carbocycles. The number of hydrogen-bond acceptors (Lipinski definition) is 1. The molecule has 0 aromatic carbocycles. The van der Waals surface area contributed by atoms with Crippen LogP contribution in [0.5, 0.6) is 0 Å². The standard InChI is InChI=1S/C9H19FOSi/c10-7-3-1-5-9(12)6-2-4-8-11-9/h1-8H2,12H3. The van der Waals surface area contributed by atoms with Crippen molar-refractivity contribution in [1.29, 1.82) is 0 Å². The van der Waals surface area contributed by atoms with E-state index in [2.05, 4.69) is 0 Å². The van der Waals surface area contributed by atoms with Gasteiger partial charge in [-0.15, -0.1) is 0 Å². The Morgan fingerprint density at radius 2 is 2.17 bits per heavy atom. The van der Waals surface area contributed by atoms with Crippen molar-refractivity contribution in [2.75, 3.05) is 13.3 Å². The number of halogens is 1. The van der Waals surface area contributed by atoms with E-state index < -0.39 is 0 Å². The molecule has 1 atom stereocenters. The lowest BCUT2D eigenvalue weighted by Crippen LogP contribution is -2.36. The second kappa shape index (κ2) is 4.97. The SMILES string of the molecule is FCCCCC1([SiH3])CCCCO1. The average Bonchev–Trinajstić information content (AvgIpc) is 2.06. The smallest absolute Gasteiger partial charge is 0.0894 e. The van der Waals surface area contributed by atoms with Crippen molar-refractivity contribution < 1.29 is 9.13 Å². The molecule has 72 valence electrons. The Kier molecular flexibility index (Phi) is 4.22. The van der Waals surface area contributed by atoms with Gasteiger partial charge in [-0.05, 0) is 38.5 Å². The minimum Gasteiger partial charge on any atom is -0.380 e. The minimum atomic E-state index is -0.169. The largest absolute Gasteiger partial charge is 0.380 e. The van der Waals surface area contributed by atoms with Crippen molar-refractivity contribution >= 4 is 10.2 Å². The Balaban J connectivity index is 2.17. The van der Waals surface area contributed by atoms with Gasteiger partial charge in [0, 0.05) is 22.1 Å². The van der Waals surface area contributed by atoms with Gasteiger partial charge in [0.2, 0.25) is 0 Å². The molecular formula is C9H19FOSi. The molecule has 0 bridgehead atoms. The maximum atomic E-state index is 11.8. The van der Waals surface area contributed by atoms with Crippen LogP contribution in [0.4, 0.5) is 4.39 Å². The topological polar surface area (TPSA) is 9.23 Å². The third kappa shape index (κ3) is 3.23. The van der Waals surface area contributed by atoms with E-state index >= 15 is 0 Å². The van der Waals surface area contributed by atoms with Crippen LogP contribution in [0.15, 0.2) is 0 Å². The molecule has 1 fully saturated rings. The number of unbranched alkanes of at least 4 members (excludes halogenated alkanes) is 1. The normalized spacial score (nSPS) is 30.8. The monoisotopic (exact) mass is 190 g/mol. The van der Waals surface area contributed by atoms with Crippen molar-refractivity contribution in [2.24, 2.45) is 0 Å². The molecular weight excluding hydrogens is 171 g/mol. The fraction of sp³-hybridized carbons (Fsp3) is 1.00. The van der Waals surface area contributed by atoms with E-state index in [1.165, 1.54) is 19.3 Å². The van der Waals surface area contributed by atoms with Crippen LogP contribution >= 0.6 is 0 Å². The quantitative estimate of drug-likeness (QED) is 0.481. The van der Waals surface area contributed by atoms with Crippen LogP contribution in [0.3, 0.4) is 0 Å². The van der Waals surface area contributed by atoms with Gasteiger partial charge in [-0.25, -0.2) is 0 Å². The third-order valence-corrected chi connectivity index (χ3v) is 3.93. The summed E-state index contributed by atoms with van der Waals surface area (Å²) < 4.78 is 17.6. The molecule has 0 aromatic heterocycles. The highest BCUT2D eigenvalue weighted by molar-refractivity contribution is 6.14. The fourth-order valence-corrected chi connectivity index (χ4v) is 2.69. The lowest BCUT2D eigenvalue weighted by molar-refractivity contribution is -0.0240. The highest BCUT2D eigenvalue weighted by Gasteiger charge is 2.26. The summed E-state index contributed by atoms with van der Waals surface area (Å²) in [7, 11) is 1.10. The lowest BCUT2D eigenvalue weighted by atomic mass is 10.0. The molecule has 1 heterocycles. The van der Waals surface area contributed by atoms with Gasteiger partial charge in [0.05, 0.1) is 6.67 Å². The highest BCUT2D eigenvalue weighted by atomic mass is 28.1. The number of hydrogen-bond donors (Lipinski definition) is 0. The van der Waals surface area contributed by atoms with E-state index in [1.54, 1.807) is 0 Å². The summed E-state index contributed by atoms with van der Waals surface area (Å²) in [4.78, 5) is 0. The van der Waals surface area contributed by atoms with Gasteiger partial charge in [-0.1, -0.05) is 0 Å². The molecule has 0 saturated carbocycles. The first-order valence-corrected chi connectivity index (χ1v) is 5.97. The summed E-state index contributed by atoms with van der Waals surface area (Å²) in [6, 6.07) is 0. The van der Waals surface area contributed by atoms with Crippen LogP contribution in [-0.2, 0) is 4.74 Å². The molecule has 0 spiro atoms. The van der Waals surface area contributed by atoms with Crippen molar-refractivity contribution in [1.82, 2.24) is 0 Å². The Hall–Kier alpha value is 0.107. The van der Waals surface area contributed by atoms with Gasteiger partial charge in [0.1, 0.15) is 0 Å². The molecule has 3 heteroatoms. The first-order valence-electron chi connectivity index (χ1n) is 4.97. The van der Waals surface area contributed by atoms with Crippen molar-refractivity contribution in [3.63, 3.8) is 0 Å². The number of alkyl halides is 1. The van der Waals surface area contributed by atoms with E-state index in [1.807, 2.05) is 0 Å². The van der Waals surface area contributed by atoms with Crippen LogP contribution in [0, 0.1) is 0 Å². The molecule has 0 N–H and O–H groups in total. The molecule has 0 amide bonds. The van der Waals surface area contributed by atoms with Crippen LogP contribution in [-0.4, -0.2) is 28.7 Å². The molecule has 0 aromatic rings. The van der Waals surface area contributed by atoms with Crippen molar-refractivity contribution in [3.05, 3.63) is 0 Å². The predicted molar refractivity (Wildman–Crippen MR) is 52.3 cm³/mol. The fourth-order valence-electron chi connectivity index (χ4n) is 1.78. The second-order valence-electron chi connectivity index (χ2n) is 3.90. The summed E-state index contributed by atoms with van der Waals surface area (Å²) in [5, 5.41) is 0.202. The first kappa shape index (κ1) is 10.2. The molecule has 1 unspecified atom stereocenters. The van der Waals surface area contributed by atoms with Crippen LogP contribution in [0.2, 0.25) is 0 Å². The average molecular weight is 190 g/mol. The molecule has 1 aliphatic rings. The Morgan fingerprint density at radius 3 is 2.75 bits per heavy atom. The van der Waals surface area contributed by atoms with Gasteiger partial charge in [0.15, 0.2) is 0 Å². The van der Waals surface area contributed by atoms with E-state index in [-0.39, 0.29) is 11.9 Å².